The first-order chi connectivity index (χ1) is 11.5. The lowest BCUT2D eigenvalue weighted by molar-refractivity contribution is 0.444. The van der Waals surface area contributed by atoms with E-state index in [9.17, 15) is 5.11 Å². The summed E-state index contributed by atoms with van der Waals surface area (Å²) < 4.78 is 0. The molecule has 0 aliphatic rings. The molecule has 0 bridgehead atoms. The summed E-state index contributed by atoms with van der Waals surface area (Å²) in [5.41, 5.74) is 3.54. The molecule has 0 unspecified atom stereocenters. The van der Waals surface area contributed by atoms with E-state index in [1.807, 2.05) is 36.4 Å². The first-order valence-corrected chi connectivity index (χ1v) is 8.67. The standard InChI is InChI=1S/C20H25N3O/c1-4-5-8-13-20(2,3)15-11-12-19(24)18(14-15)23-21-16-9-6-7-10-17(16)22-23/h6-7,9-12,14,24H,4-5,8,13H2,1-3H3. The maximum absolute atomic E-state index is 10.3. The normalized spacial score (nSPS) is 12.0. The van der Waals surface area contributed by atoms with Gasteiger partial charge in [0.15, 0.2) is 0 Å². The van der Waals surface area contributed by atoms with Crippen molar-refractivity contribution in [2.24, 2.45) is 0 Å². The van der Waals surface area contributed by atoms with E-state index in [1.54, 1.807) is 6.07 Å². The SMILES string of the molecule is CCCCCC(C)(C)c1ccc(O)c(-n2nc3ccccc3n2)c1. The summed E-state index contributed by atoms with van der Waals surface area (Å²) in [5, 5.41) is 19.3. The highest BCUT2D eigenvalue weighted by atomic mass is 16.3. The van der Waals surface area contributed by atoms with Gasteiger partial charge in [-0.1, -0.05) is 58.2 Å². The molecule has 0 saturated carbocycles. The van der Waals surface area contributed by atoms with Crippen molar-refractivity contribution >= 4 is 11.0 Å². The molecule has 3 aromatic rings. The Labute approximate surface area is 143 Å². The van der Waals surface area contributed by atoms with Crippen LogP contribution in [0.1, 0.15) is 52.0 Å². The second-order valence-electron chi connectivity index (χ2n) is 7.02. The molecule has 0 aliphatic carbocycles. The highest BCUT2D eigenvalue weighted by Crippen LogP contribution is 2.33. The summed E-state index contributed by atoms with van der Waals surface area (Å²) in [6.45, 7) is 6.73. The van der Waals surface area contributed by atoms with Crippen LogP contribution in [-0.2, 0) is 5.41 Å². The predicted octanol–water partition coefficient (Wildman–Crippen LogP) is 4.98. The largest absolute Gasteiger partial charge is 0.506 e. The maximum atomic E-state index is 10.3. The summed E-state index contributed by atoms with van der Waals surface area (Å²) in [7, 11) is 0. The van der Waals surface area contributed by atoms with Gasteiger partial charge < -0.3 is 5.11 Å². The quantitative estimate of drug-likeness (QED) is 0.651. The third-order valence-corrected chi connectivity index (χ3v) is 4.66. The van der Waals surface area contributed by atoms with Crippen LogP contribution in [0.2, 0.25) is 0 Å². The molecule has 0 amide bonds. The average Bonchev–Trinajstić information content (AvgIpc) is 2.99. The van der Waals surface area contributed by atoms with Crippen LogP contribution in [0.5, 0.6) is 5.75 Å². The van der Waals surface area contributed by atoms with Crippen LogP contribution < -0.4 is 0 Å². The summed E-state index contributed by atoms with van der Waals surface area (Å²) in [6.07, 6.45) is 4.81. The Morgan fingerprint density at radius 3 is 2.29 bits per heavy atom. The van der Waals surface area contributed by atoms with Crippen molar-refractivity contribution in [2.75, 3.05) is 0 Å². The fraction of sp³-hybridized carbons (Fsp3) is 0.400. The molecule has 0 aliphatic heterocycles. The molecule has 0 atom stereocenters. The molecule has 24 heavy (non-hydrogen) atoms. The van der Waals surface area contributed by atoms with Crippen molar-refractivity contribution in [3.63, 3.8) is 0 Å². The number of phenols is 1. The Bertz CT molecular complexity index is 803. The highest BCUT2D eigenvalue weighted by Gasteiger charge is 2.22. The molecular weight excluding hydrogens is 298 g/mol. The van der Waals surface area contributed by atoms with Gasteiger partial charge in [-0.15, -0.1) is 15.0 Å². The van der Waals surface area contributed by atoms with Gasteiger partial charge in [0.2, 0.25) is 0 Å². The van der Waals surface area contributed by atoms with Crippen molar-refractivity contribution in [3.05, 3.63) is 48.0 Å². The molecular formula is C20H25N3O. The smallest absolute Gasteiger partial charge is 0.143 e. The van der Waals surface area contributed by atoms with Crippen LogP contribution in [-0.4, -0.2) is 20.1 Å². The molecule has 1 aromatic heterocycles. The Hall–Kier alpha value is -2.36. The van der Waals surface area contributed by atoms with Gasteiger partial charge in [-0.2, -0.15) is 0 Å². The van der Waals surface area contributed by atoms with Crippen molar-refractivity contribution in [3.8, 4) is 11.4 Å². The number of aromatic nitrogens is 3. The van der Waals surface area contributed by atoms with Crippen LogP contribution >= 0.6 is 0 Å². The number of benzene rings is 2. The Balaban J connectivity index is 1.96. The second kappa shape index (κ2) is 6.63. The van der Waals surface area contributed by atoms with Gasteiger partial charge in [-0.3, -0.25) is 0 Å². The fourth-order valence-corrected chi connectivity index (χ4v) is 3.03. The van der Waals surface area contributed by atoms with Gasteiger partial charge in [-0.25, -0.2) is 0 Å². The lowest BCUT2D eigenvalue weighted by Gasteiger charge is -2.26. The molecule has 0 fully saturated rings. The van der Waals surface area contributed by atoms with Gasteiger partial charge in [0.1, 0.15) is 22.5 Å². The molecule has 126 valence electrons. The number of aromatic hydroxyl groups is 1. The number of fused-ring (bicyclic) bond motifs is 1. The van der Waals surface area contributed by atoms with E-state index in [-0.39, 0.29) is 11.2 Å². The second-order valence-corrected chi connectivity index (χ2v) is 7.02. The maximum Gasteiger partial charge on any atom is 0.143 e. The first-order valence-electron chi connectivity index (χ1n) is 8.67. The van der Waals surface area contributed by atoms with E-state index in [1.165, 1.54) is 29.6 Å². The van der Waals surface area contributed by atoms with Crippen molar-refractivity contribution in [1.82, 2.24) is 15.0 Å². The van der Waals surface area contributed by atoms with Gasteiger partial charge in [0.25, 0.3) is 0 Å². The molecule has 3 rings (SSSR count). The summed E-state index contributed by atoms with van der Waals surface area (Å²) in [4.78, 5) is 1.53. The van der Waals surface area contributed by atoms with Gasteiger partial charge >= 0.3 is 0 Å². The molecule has 0 spiro atoms. The van der Waals surface area contributed by atoms with Crippen molar-refractivity contribution < 1.29 is 5.11 Å². The van der Waals surface area contributed by atoms with Gasteiger partial charge in [0.05, 0.1) is 0 Å². The van der Waals surface area contributed by atoms with E-state index in [2.05, 4.69) is 31.0 Å². The zero-order valence-electron chi connectivity index (χ0n) is 14.7. The van der Waals surface area contributed by atoms with Crippen LogP contribution in [0.25, 0.3) is 16.7 Å². The zero-order chi connectivity index (χ0) is 17.2. The minimum Gasteiger partial charge on any atom is -0.506 e. The molecule has 0 saturated heterocycles. The average molecular weight is 323 g/mol. The molecule has 1 N–H and O–H groups in total. The molecule has 0 radical (unpaired) electrons. The van der Waals surface area contributed by atoms with E-state index >= 15 is 0 Å². The van der Waals surface area contributed by atoms with E-state index in [0.717, 1.165) is 17.5 Å². The third kappa shape index (κ3) is 3.28. The van der Waals surface area contributed by atoms with E-state index in [0.29, 0.717) is 5.69 Å². The number of hydrogen-bond acceptors (Lipinski definition) is 3. The molecule has 2 aromatic carbocycles. The predicted molar refractivity (Wildman–Crippen MR) is 97.7 cm³/mol. The lowest BCUT2D eigenvalue weighted by atomic mass is 9.80. The zero-order valence-corrected chi connectivity index (χ0v) is 14.7. The Morgan fingerprint density at radius 1 is 1.00 bits per heavy atom. The fourth-order valence-electron chi connectivity index (χ4n) is 3.03. The first kappa shape index (κ1) is 16.5. The number of phenolic OH excluding ortho intramolecular Hbond substituents is 1. The van der Waals surface area contributed by atoms with Crippen LogP contribution in [0.4, 0.5) is 0 Å². The number of nitrogens with zero attached hydrogens (tertiary/aromatic N) is 3. The third-order valence-electron chi connectivity index (χ3n) is 4.66. The summed E-state index contributed by atoms with van der Waals surface area (Å²) in [5.74, 6) is 0.198. The van der Waals surface area contributed by atoms with Crippen LogP contribution in [0, 0.1) is 0 Å². The number of unbranched alkanes of at least 4 members (excludes halogenated alkanes) is 2. The number of rotatable bonds is 6. The Morgan fingerprint density at radius 2 is 1.67 bits per heavy atom. The van der Waals surface area contributed by atoms with Gasteiger partial charge in [-0.05, 0) is 41.7 Å². The van der Waals surface area contributed by atoms with Crippen LogP contribution in [0.15, 0.2) is 42.5 Å². The molecule has 1 heterocycles. The number of hydrogen-bond donors (Lipinski definition) is 1. The molecule has 4 heteroatoms. The topological polar surface area (TPSA) is 50.9 Å². The van der Waals surface area contributed by atoms with Crippen molar-refractivity contribution in [1.29, 1.82) is 0 Å². The monoisotopic (exact) mass is 323 g/mol. The summed E-state index contributed by atoms with van der Waals surface area (Å²) >= 11 is 0. The minimum atomic E-state index is 0.0597. The summed E-state index contributed by atoms with van der Waals surface area (Å²) in [6, 6.07) is 13.5. The lowest BCUT2D eigenvalue weighted by Crippen LogP contribution is -2.17. The van der Waals surface area contributed by atoms with Crippen molar-refractivity contribution in [2.45, 2.75) is 51.9 Å². The molecule has 4 nitrogen and oxygen atoms in total. The Kier molecular flexibility index (Phi) is 4.56. The van der Waals surface area contributed by atoms with E-state index < -0.39 is 0 Å². The highest BCUT2D eigenvalue weighted by molar-refractivity contribution is 5.73. The van der Waals surface area contributed by atoms with Gasteiger partial charge in [0, 0.05) is 0 Å². The van der Waals surface area contributed by atoms with Crippen LogP contribution in [0.3, 0.4) is 0 Å². The van der Waals surface area contributed by atoms with E-state index in [4.69, 9.17) is 0 Å². The minimum absolute atomic E-state index is 0.0597.